The topological polar surface area (TPSA) is 159 Å². The van der Waals surface area contributed by atoms with E-state index in [4.69, 9.17) is 19.9 Å². The number of hydrogen-bond acceptors (Lipinski definition) is 9. The number of aliphatic hydroxyl groups excluding tert-OH is 2. The molecule has 0 spiro atoms. The second kappa shape index (κ2) is 8.89. The van der Waals surface area contributed by atoms with Crippen LogP contribution in [0.25, 0.3) is 0 Å². The number of carbonyl (C=O) groups is 2. The standard InChI is InChI=1S/C17H20N4O7/c18-15(25)16-19-9-21(20-16)17-14(24)13(23)11(28-17)7-27-12(22)8-26-6-10-4-2-1-3-5-10/h1-5,9,11,13-14,17,23-24H,6-8H2,(H2,18,25)/t11-,13-,14-,17-/m1/s1. The van der Waals surface area contributed by atoms with Crippen LogP contribution in [0.5, 0.6) is 0 Å². The molecule has 4 N–H and O–H groups in total. The molecule has 3 rings (SSSR count). The summed E-state index contributed by atoms with van der Waals surface area (Å²) >= 11 is 0. The Kier molecular flexibility index (Phi) is 6.31. The molecule has 1 fully saturated rings. The van der Waals surface area contributed by atoms with Crippen LogP contribution in [-0.4, -0.2) is 68.4 Å². The zero-order chi connectivity index (χ0) is 20.1. The number of carbonyl (C=O) groups excluding carboxylic acids is 2. The van der Waals surface area contributed by atoms with Crippen molar-refractivity contribution in [3.8, 4) is 0 Å². The van der Waals surface area contributed by atoms with Gasteiger partial charge in [-0.25, -0.2) is 14.5 Å². The lowest BCUT2D eigenvalue weighted by Crippen LogP contribution is -2.34. The third-order valence-corrected chi connectivity index (χ3v) is 4.07. The van der Waals surface area contributed by atoms with Crippen LogP contribution in [0.15, 0.2) is 36.7 Å². The molecule has 0 radical (unpaired) electrons. The quantitative estimate of drug-likeness (QED) is 0.467. The van der Waals surface area contributed by atoms with Crippen LogP contribution in [0.4, 0.5) is 0 Å². The smallest absolute Gasteiger partial charge is 0.332 e. The number of aromatic nitrogens is 3. The molecule has 4 atom stereocenters. The highest BCUT2D eigenvalue weighted by Crippen LogP contribution is 2.28. The summed E-state index contributed by atoms with van der Waals surface area (Å²) in [6.45, 7) is -0.303. The van der Waals surface area contributed by atoms with Crippen molar-refractivity contribution in [3.05, 3.63) is 48.0 Å². The summed E-state index contributed by atoms with van der Waals surface area (Å²) < 4.78 is 16.8. The van der Waals surface area contributed by atoms with Gasteiger partial charge in [0.05, 0.1) is 6.61 Å². The van der Waals surface area contributed by atoms with Gasteiger partial charge in [-0.2, -0.15) is 0 Å². The maximum absolute atomic E-state index is 11.8. The van der Waals surface area contributed by atoms with Gasteiger partial charge in [-0.05, 0) is 5.56 Å². The van der Waals surface area contributed by atoms with Crippen molar-refractivity contribution >= 4 is 11.9 Å². The van der Waals surface area contributed by atoms with Crippen molar-refractivity contribution in [3.63, 3.8) is 0 Å². The molecule has 1 amide bonds. The average Bonchev–Trinajstić information content (AvgIpc) is 3.27. The van der Waals surface area contributed by atoms with E-state index < -0.39 is 36.4 Å². The molecule has 1 aliphatic rings. The number of primary amides is 1. The maximum Gasteiger partial charge on any atom is 0.332 e. The van der Waals surface area contributed by atoms with Crippen molar-refractivity contribution in [1.82, 2.24) is 14.8 Å². The normalized spacial score (nSPS) is 24.2. The van der Waals surface area contributed by atoms with E-state index >= 15 is 0 Å². The summed E-state index contributed by atoms with van der Waals surface area (Å²) in [5.74, 6) is -1.73. The SMILES string of the molecule is NC(=O)c1ncn([C@@H]2O[C@H](COC(=O)COCc3ccccc3)[C@@H](O)[C@H]2O)n1. The molecule has 0 saturated carbocycles. The number of ether oxygens (including phenoxy) is 3. The van der Waals surface area contributed by atoms with Crippen LogP contribution in [-0.2, 0) is 25.6 Å². The zero-order valence-corrected chi connectivity index (χ0v) is 14.7. The molecule has 0 aliphatic carbocycles. The van der Waals surface area contributed by atoms with E-state index in [1.165, 1.54) is 0 Å². The Balaban J connectivity index is 1.46. The Morgan fingerprint density at radius 1 is 1.21 bits per heavy atom. The minimum Gasteiger partial charge on any atom is -0.461 e. The van der Waals surface area contributed by atoms with Gasteiger partial charge >= 0.3 is 5.97 Å². The lowest BCUT2D eigenvalue weighted by atomic mass is 10.1. The molecule has 11 heteroatoms. The number of nitrogens with zero attached hydrogens (tertiary/aromatic N) is 3. The molecule has 1 aromatic carbocycles. The van der Waals surface area contributed by atoms with Gasteiger partial charge in [-0.3, -0.25) is 4.79 Å². The van der Waals surface area contributed by atoms with Crippen molar-refractivity contribution < 1.29 is 34.0 Å². The first kappa shape index (κ1) is 19.9. The van der Waals surface area contributed by atoms with Gasteiger partial charge in [0.15, 0.2) is 6.23 Å². The van der Waals surface area contributed by atoms with Crippen LogP contribution in [0, 0.1) is 0 Å². The Labute approximate surface area is 159 Å². The predicted octanol–water partition coefficient (Wildman–Crippen LogP) is -1.24. The molecule has 0 bridgehead atoms. The van der Waals surface area contributed by atoms with Crippen LogP contribution < -0.4 is 5.73 Å². The monoisotopic (exact) mass is 392 g/mol. The summed E-state index contributed by atoms with van der Waals surface area (Å²) in [6.07, 6.45) is -3.63. The first-order chi connectivity index (χ1) is 13.5. The Hall–Kier alpha value is -2.86. The van der Waals surface area contributed by atoms with Crippen LogP contribution in [0.2, 0.25) is 0 Å². The van der Waals surface area contributed by atoms with E-state index in [9.17, 15) is 19.8 Å². The fourth-order valence-corrected chi connectivity index (χ4v) is 2.64. The number of hydrogen-bond donors (Lipinski definition) is 3. The van der Waals surface area contributed by atoms with E-state index in [2.05, 4.69) is 10.1 Å². The van der Waals surface area contributed by atoms with Gasteiger partial charge in [-0.1, -0.05) is 30.3 Å². The lowest BCUT2D eigenvalue weighted by Gasteiger charge is -2.14. The largest absolute Gasteiger partial charge is 0.461 e. The molecule has 28 heavy (non-hydrogen) atoms. The molecule has 1 aromatic heterocycles. The van der Waals surface area contributed by atoms with Gasteiger partial charge in [0.1, 0.15) is 37.9 Å². The third kappa shape index (κ3) is 4.70. The number of rotatable bonds is 8. The highest BCUT2D eigenvalue weighted by molar-refractivity contribution is 5.88. The highest BCUT2D eigenvalue weighted by atomic mass is 16.6. The van der Waals surface area contributed by atoms with E-state index in [1.54, 1.807) is 0 Å². The molecule has 1 aliphatic heterocycles. The zero-order valence-electron chi connectivity index (χ0n) is 14.7. The summed E-state index contributed by atoms with van der Waals surface area (Å²) in [5.41, 5.74) is 5.99. The van der Waals surface area contributed by atoms with Gasteiger partial charge in [0.25, 0.3) is 5.91 Å². The Morgan fingerprint density at radius 3 is 2.64 bits per heavy atom. The Morgan fingerprint density at radius 2 is 1.96 bits per heavy atom. The second-order valence-corrected chi connectivity index (χ2v) is 6.12. The predicted molar refractivity (Wildman–Crippen MR) is 91.5 cm³/mol. The molecule has 2 heterocycles. The summed E-state index contributed by atoms with van der Waals surface area (Å²) in [5, 5.41) is 24.0. The number of benzene rings is 1. The fourth-order valence-electron chi connectivity index (χ4n) is 2.64. The van der Waals surface area contributed by atoms with Crippen molar-refractivity contribution in [2.45, 2.75) is 31.1 Å². The lowest BCUT2D eigenvalue weighted by molar-refractivity contribution is -0.155. The van der Waals surface area contributed by atoms with Gasteiger partial charge in [0.2, 0.25) is 5.82 Å². The average molecular weight is 392 g/mol. The minimum absolute atomic E-state index is 0.254. The van der Waals surface area contributed by atoms with Gasteiger partial charge < -0.3 is 30.2 Å². The fraction of sp³-hybridized carbons (Fsp3) is 0.412. The minimum atomic E-state index is -1.36. The van der Waals surface area contributed by atoms with Crippen molar-refractivity contribution in [1.29, 1.82) is 0 Å². The van der Waals surface area contributed by atoms with Crippen LogP contribution in [0.3, 0.4) is 0 Å². The number of amides is 1. The molecule has 1 saturated heterocycles. The number of aliphatic hydroxyl groups is 2. The third-order valence-electron chi connectivity index (χ3n) is 4.07. The molecule has 11 nitrogen and oxygen atoms in total. The molecule has 150 valence electrons. The maximum atomic E-state index is 11.8. The van der Waals surface area contributed by atoms with Crippen molar-refractivity contribution in [2.75, 3.05) is 13.2 Å². The van der Waals surface area contributed by atoms with Gasteiger partial charge in [0, 0.05) is 0 Å². The van der Waals surface area contributed by atoms with Crippen LogP contribution in [0.1, 0.15) is 22.4 Å². The molecule has 0 unspecified atom stereocenters. The summed E-state index contributed by atoms with van der Waals surface area (Å²) in [4.78, 5) is 26.5. The van der Waals surface area contributed by atoms with Gasteiger partial charge in [-0.15, -0.1) is 5.10 Å². The van der Waals surface area contributed by atoms with Crippen molar-refractivity contribution in [2.24, 2.45) is 5.73 Å². The Bertz CT molecular complexity index is 813. The van der Waals surface area contributed by atoms with E-state index in [1.807, 2.05) is 30.3 Å². The number of esters is 1. The van der Waals surface area contributed by atoms with E-state index in [0.29, 0.717) is 0 Å². The highest BCUT2D eigenvalue weighted by Gasteiger charge is 2.45. The molecule has 2 aromatic rings. The van der Waals surface area contributed by atoms with E-state index in [0.717, 1.165) is 16.6 Å². The number of nitrogens with two attached hydrogens (primary N) is 1. The molecular formula is C17H20N4O7. The molecular weight excluding hydrogens is 372 g/mol. The summed E-state index contributed by atoms with van der Waals surface area (Å²) in [6, 6.07) is 9.32. The first-order valence-corrected chi connectivity index (χ1v) is 8.45. The van der Waals surface area contributed by atoms with E-state index in [-0.39, 0.29) is 25.6 Å². The van der Waals surface area contributed by atoms with Crippen LogP contribution >= 0.6 is 0 Å². The first-order valence-electron chi connectivity index (χ1n) is 8.45. The summed E-state index contributed by atoms with van der Waals surface area (Å²) in [7, 11) is 0. The second-order valence-electron chi connectivity index (χ2n) is 6.12.